The quantitative estimate of drug-likeness (QED) is 0.799. The zero-order chi connectivity index (χ0) is 21.6. The number of carbonyl (C=O) groups is 3. The molecule has 8 nitrogen and oxygen atoms in total. The van der Waals surface area contributed by atoms with E-state index in [0.717, 1.165) is 6.92 Å². The van der Waals surface area contributed by atoms with E-state index < -0.39 is 30.3 Å². The highest BCUT2D eigenvalue weighted by Crippen LogP contribution is 2.24. The van der Waals surface area contributed by atoms with Crippen LogP contribution in [0.1, 0.15) is 42.5 Å². The number of nitrogens with zero attached hydrogens (tertiary/aromatic N) is 3. The maximum absolute atomic E-state index is 13.2. The highest BCUT2D eigenvalue weighted by Gasteiger charge is 2.33. The second-order valence-electron chi connectivity index (χ2n) is 6.97. The number of alkyl halides is 2. The first-order valence-electron chi connectivity index (χ1n) is 8.79. The van der Waals surface area contributed by atoms with Crippen molar-refractivity contribution in [3.8, 4) is 0 Å². The van der Waals surface area contributed by atoms with Crippen molar-refractivity contribution >= 4 is 17.8 Å². The molecule has 2 atom stereocenters. The molecule has 1 amide bonds. The number of aliphatic carboxylic acids is 2. The molecule has 1 fully saturated rings. The lowest BCUT2D eigenvalue weighted by Crippen LogP contribution is -2.43. The summed E-state index contributed by atoms with van der Waals surface area (Å²) in [5.41, 5.74) is 0.188. The van der Waals surface area contributed by atoms with Gasteiger partial charge in [0.05, 0.1) is 5.92 Å². The molecule has 28 heavy (non-hydrogen) atoms. The van der Waals surface area contributed by atoms with E-state index in [1.165, 1.54) is 24.0 Å². The van der Waals surface area contributed by atoms with Crippen molar-refractivity contribution in [2.75, 3.05) is 27.2 Å². The minimum absolute atomic E-state index is 0.00522. The number of halogens is 2. The molecule has 0 bridgehead atoms. The minimum atomic E-state index is -2.81. The molecule has 1 aromatic rings. The van der Waals surface area contributed by atoms with Crippen LogP contribution in [0.4, 0.5) is 8.78 Å². The zero-order valence-electron chi connectivity index (χ0n) is 16.4. The first-order valence-corrected chi connectivity index (χ1v) is 8.79. The van der Waals surface area contributed by atoms with Gasteiger partial charge in [0.25, 0.3) is 11.9 Å². The van der Waals surface area contributed by atoms with Crippen molar-refractivity contribution in [1.29, 1.82) is 0 Å². The van der Waals surface area contributed by atoms with Gasteiger partial charge in [-0.1, -0.05) is 0 Å². The van der Waals surface area contributed by atoms with Crippen molar-refractivity contribution in [3.63, 3.8) is 0 Å². The van der Waals surface area contributed by atoms with Gasteiger partial charge in [0.15, 0.2) is 0 Å². The van der Waals surface area contributed by atoms with E-state index in [1.54, 1.807) is 0 Å². The molecular weight excluding hydrogens is 376 g/mol. The van der Waals surface area contributed by atoms with Gasteiger partial charge in [0.2, 0.25) is 0 Å². The number of hydrogen-bond acceptors (Lipinski definition) is 4. The van der Waals surface area contributed by atoms with Gasteiger partial charge in [-0.2, -0.15) is 8.78 Å². The Bertz CT molecular complexity index is 701. The normalized spacial score (nSPS) is 19.8. The summed E-state index contributed by atoms with van der Waals surface area (Å²) in [5, 5.41) is 16.7. The van der Waals surface area contributed by atoms with E-state index in [0.29, 0.717) is 29.6 Å². The van der Waals surface area contributed by atoms with Crippen molar-refractivity contribution in [1.82, 2.24) is 14.4 Å². The molecule has 158 valence electrons. The van der Waals surface area contributed by atoms with Gasteiger partial charge in [-0.15, -0.1) is 0 Å². The van der Waals surface area contributed by atoms with E-state index in [-0.39, 0.29) is 18.3 Å². The third kappa shape index (κ3) is 6.29. The first-order chi connectivity index (χ1) is 13.0. The molecular formula is C18H27F2N3O5. The first kappa shape index (κ1) is 23.5. The number of carboxylic acids is 2. The molecule has 0 unspecified atom stereocenters. The lowest BCUT2D eigenvalue weighted by Gasteiger charge is -2.29. The van der Waals surface area contributed by atoms with Crippen LogP contribution in [0.5, 0.6) is 0 Å². The Balaban J connectivity index is 0.000000892. The Kier molecular flexibility index (Phi) is 8.55. The number of likely N-dealkylation sites (N-methyl/N-ethyl adjacent to an activating group) is 1. The predicted octanol–water partition coefficient (Wildman–Crippen LogP) is 2.15. The monoisotopic (exact) mass is 403 g/mol. The summed E-state index contributed by atoms with van der Waals surface area (Å²) < 4.78 is 27.1. The van der Waals surface area contributed by atoms with Gasteiger partial charge in [-0.25, -0.2) is 0 Å². The van der Waals surface area contributed by atoms with E-state index in [4.69, 9.17) is 9.90 Å². The van der Waals surface area contributed by atoms with Crippen LogP contribution < -0.4 is 0 Å². The number of amides is 1. The molecule has 2 rings (SSSR count). The molecule has 10 heteroatoms. The highest BCUT2D eigenvalue weighted by molar-refractivity contribution is 5.93. The van der Waals surface area contributed by atoms with Crippen LogP contribution in [0.25, 0.3) is 0 Å². The molecule has 0 radical (unpaired) electrons. The molecule has 0 spiro atoms. The standard InChI is InChI=1S/C16H23F2N3O3.C2H4O2/c1-10-4-7-13(21(10)16(17)18)14(22)20-8-11(15(23)24)5-6-12(9-20)19(2)3;1-2(3)4/h4,7,11-12,16H,5-6,8-9H2,1-3H3,(H,23,24);1H3,(H,3,4)/t11-,12+;/m0./s1. The zero-order valence-corrected chi connectivity index (χ0v) is 16.4. The number of rotatable bonds is 4. The SMILES string of the molecule is CC(=O)O.Cc1ccc(C(=O)N2C[C@@H](C(=O)O)CC[C@@H](N(C)C)C2)n1C(F)F. The molecule has 1 saturated heterocycles. The molecule has 1 aliphatic heterocycles. The van der Waals surface area contributed by atoms with Crippen LogP contribution in [0.2, 0.25) is 0 Å². The summed E-state index contributed by atoms with van der Waals surface area (Å²) in [5.74, 6) is -3.04. The molecule has 1 aliphatic rings. The lowest BCUT2D eigenvalue weighted by molar-refractivity contribution is -0.142. The number of aromatic nitrogens is 1. The molecule has 0 saturated carbocycles. The van der Waals surface area contributed by atoms with Crippen LogP contribution in [0, 0.1) is 12.8 Å². The summed E-state index contributed by atoms with van der Waals surface area (Å²) in [7, 11) is 3.72. The number of carbonyl (C=O) groups excluding carboxylic acids is 1. The number of carboxylic acid groups (broad SMARTS) is 2. The van der Waals surface area contributed by atoms with Crippen molar-refractivity contribution in [2.45, 2.75) is 39.3 Å². The molecule has 0 aromatic carbocycles. The minimum Gasteiger partial charge on any atom is -0.481 e. The fraction of sp³-hybridized carbons (Fsp3) is 0.611. The smallest absolute Gasteiger partial charge is 0.319 e. The Labute approximate surface area is 162 Å². The Hall–Kier alpha value is -2.49. The largest absolute Gasteiger partial charge is 0.481 e. The van der Waals surface area contributed by atoms with Crippen molar-refractivity contribution in [3.05, 3.63) is 23.5 Å². The summed E-state index contributed by atoms with van der Waals surface area (Å²) >= 11 is 0. The van der Waals surface area contributed by atoms with Gasteiger partial charge < -0.3 is 20.0 Å². The fourth-order valence-corrected chi connectivity index (χ4v) is 3.11. The van der Waals surface area contributed by atoms with Crippen molar-refractivity contribution in [2.24, 2.45) is 5.92 Å². The lowest BCUT2D eigenvalue weighted by atomic mass is 10.0. The van der Waals surface area contributed by atoms with Gasteiger partial charge >= 0.3 is 12.5 Å². The third-order valence-electron chi connectivity index (χ3n) is 4.62. The topological polar surface area (TPSA) is 103 Å². The number of hydrogen-bond donors (Lipinski definition) is 2. The number of aryl methyl sites for hydroxylation is 1. The van der Waals surface area contributed by atoms with Gasteiger partial charge in [-0.3, -0.25) is 19.0 Å². The van der Waals surface area contributed by atoms with Crippen LogP contribution in [-0.4, -0.2) is 75.7 Å². The summed E-state index contributed by atoms with van der Waals surface area (Å²) in [4.78, 5) is 36.5. The van der Waals surface area contributed by atoms with Crippen LogP contribution in [0.3, 0.4) is 0 Å². The van der Waals surface area contributed by atoms with E-state index in [1.807, 2.05) is 19.0 Å². The predicted molar refractivity (Wildman–Crippen MR) is 97.5 cm³/mol. The Morgan fingerprint density at radius 2 is 1.71 bits per heavy atom. The molecule has 2 heterocycles. The fourth-order valence-electron chi connectivity index (χ4n) is 3.11. The third-order valence-corrected chi connectivity index (χ3v) is 4.62. The van der Waals surface area contributed by atoms with E-state index in [9.17, 15) is 23.5 Å². The van der Waals surface area contributed by atoms with Gasteiger partial charge in [0.1, 0.15) is 5.69 Å². The van der Waals surface area contributed by atoms with Crippen LogP contribution in [0.15, 0.2) is 12.1 Å². The molecule has 2 N–H and O–H groups in total. The maximum atomic E-state index is 13.2. The summed E-state index contributed by atoms with van der Waals surface area (Å²) in [6, 6.07) is 2.83. The molecule has 0 aliphatic carbocycles. The second-order valence-corrected chi connectivity index (χ2v) is 6.97. The van der Waals surface area contributed by atoms with Crippen LogP contribution in [-0.2, 0) is 9.59 Å². The van der Waals surface area contributed by atoms with Crippen LogP contribution >= 0.6 is 0 Å². The average Bonchev–Trinajstić information content (AvgIpc) is 2.81. The average molecular weight is 403 g/mol. The maximum Gasteiger partial charge on any atom is 0.319 e. The van der Waals surface area contributed by atoms with Gasteiger partial charge in [0, 0.05) is 31.7 Å². The highest BCUT2D eigenvalue weighted by atomic mass is 19.3. The Morgan fingerprint density at radius 3 is 2.18 bits per heavy atom. The van der Waals surface area contributed by atoms with E-state index >= 15 is 0 Å². The number of likely N-dealkylation sites (tertiary alicyclic amines) is 1. The summed E-state index contributed by atoms with van der Waals surface area (Å²) in [6.45, 7) is 0.133. The summed E-state index contributed by atoms with van der Waals surface area (Å²) in [6.07, 6.45) is 1.10. The Morgan fingerprint density at radius 1 is 1.14 bits per heavy atom. The van der Waals surface area contributed by atoms with Gasteiger partial charge in [-0.05, 0) is 46.0 Å². The van der Waals surface area contributed by atoms with E-state index in [2.05, 4.69) is 0 Å². The van der Waals surface area contributed by atoms with Crippen molar-refractivity contribution < 1.29 is 33.4 Å². The molecule has 1 aromatic heterocycles. The second kappa shape index (κ2) is 10.2.